The second-order valence-corrected chi connectivity index (χ2v) is 10.9. The van der Waals surface area contributed by atoms with Crippen LogP contribution in [-0.2, 0) is 27.5 Å². The van der Waals surface area contributed by atoms with E-state index in [9.17, 15) is 13.2 Å². The average molecular weight is 423 g/mol. The Bertz CT molecular complexity index is 853. The maximum Gasteiger partial charge on any atom is 0.251 e. The lowest BCUT2D eigenvalue weighted by Gasteiger charge is -2.29. The normalized spacial score (nSPS) is 24.9. The van der Waals surface area contributed by atoms with Gasteiger partial charge in [0.05, 0.1) is 17.5 Å². The summed E-state index contributed by atoms with van der Waals surface area (Å²) in [6.45, 7) is 8.23. The molecule has 2 atom stereocenters. The number of carbonyl (C=O) groups excluding carboxylic acids is 1. The van der Waals surface area contributed by atoms with E-state index in [0.717, 1.165) is 31.4 Å². The molecule has 0 unspecified atom stereocenters. The molecule has 2 fully saturated rings. The first-order chi connectivity index (χ1) is 13.3. The van der Waals surface area contributed by atoms with Crippen molar-refractivity contribution >= 4 is 38.4 Å². The largest absolute Gasteiger partial charge is 0.315 e. The quantitative estimate of drug-likeness (QED) is 0.697. The van der Waals surface area contributed by atoms with E-state index in [-0.39, 0.29) is 34.6 Å². The molecule has 0 radical (unpaired) electrons. The Hall–Kier alpha value is -1.34. The van der Waals surface area contributed by atoms with Crippen LogP contribution in [0.4, 0.5) is 5.69 Å². The van der Waals surface area contributed by atoms with Crippen molar-refractivity contribution in [2.45, 2.75) is 64.7 Å². The van der Waals surface area contributed by atoms with Crippen LogP contribution < -0.4 is 4.90 Å². The standard InChI is InChI=1S/C21H30N2O3S2/c1-5-14(6-2)20(24)22-21-23(17-12-28(25,26)13-18(17)27-21)19-15(7-3)10-9-11-16(19)8-4/h9-11,14,17-18H,5-8,12-13H2,1-4H3/t17-,18-/m1/s1. The van der Waals surface area contributed by atoms with Crippen LogP contribution in [0.5, 0.6) is 0 Å². The number of sulfone groups is 1. The van der Waals surface area contributed by atoms with Gasteiger partial charge in [0.1, 0.15) is 0 Å². The highest BCUT2D eigenvalue weighted by molar-refractivity contribution is 8.16. The van der Waals surface area contributed by atoms with Crippen LogP contribution >= 0.6 is 11.8 Å². The first-order valence-electron chi connectivity index (χ1n) is 10.2. The predicted molar refractivity (Wildman–Crippen MR) is 118 cm³/mol. The third-order valence-corrected chi connectivity index (χ3v) is 9.02. The minimum absolute atomic E-state index is 0.0622. The summed E-state index contributed by atoms with van der Waals surface area (Å²) < 4.78 is 24.6. The number of rotatable bonds is 6. The van der Waals surface area contributed by atoms with Gasteiger partial charge in [-0.3, -0.25) is 4.79 Å². The first-order valence-corrected chi connectivity index (χ1v) is 12.9. The fourth-order valence-corrected chi connectivity index (χ4v) is 8.08. The molecule has 2 heterocycles. The van der Waals surface area contributed by atoms with Crippen LogP contribution in [0.15, 0.2) is 23.2 Å². The lowest BCUT2D eigenvalue weighted by molar-refractivity contribution is -0.121. The highest BCUT2D eigenvalue weighted by atomic mass is 32.2. The second-order valence-electron chi connectivity index (χ2n) is 7.55. The van der Waals surface area contributed by atoms with E-state index < -0.39 is 9.84 Å². The number of para-hydroxylation sites is 1. The number of hydrogen-bond acceptors (Lipinski definition) is 4. The van der Waals surface area contributed by atoms with Crippen LogP contribution in [0.2, 0.25) is 0 Å². The Kier molecular flexibility index (Phi) is 6.54. The van der Waals surface area contributed by atoms with Crippen molar-refractivity contribution in [3.8, 4) is 0 Å². The van der Waals surface area contributed by atoms with Crippen molar-refractivity contribution < 1.29 is 13.2 Å². The van der Waals surface area contributed by atoms with E-state index in [1.54, 1.807) is 0 Å². The first kappa shape index (κ1) is 21.4. The zero-order chi connectivity index (χ0) is 20.5. The van der Waals surface area contributed by atoms with Gasteiger partial charge >= 0.3 is 0 Å². The van der Waals surface area contributed by atoms with Crippen molar-refractivity contribution in [3.05, 3.63) is 29.3 Å². The molecule has 3 rings (SSSR count). The number of aryl methyl sites for hydroxylation is 2. The molecular weight excluding hydrogens is 392 g/mol. The van der Waals surface area contributed by atoms with Gasteiger partial charge in [-0.05, 0) is 36.8 Å². The number of amides is 1. The van der Waals surface area contributed by atoms with Crippen molar-refractivity contribution in [1.82, 2.24) is 0 Å². The summed E-state index contributed by atoms with van der Waals surface area (Å²) in [5.74, 6) is 0.121. The number of hydrogen-bond donors (Lipinski definition) is 0. The van der Waals surface area contributed by atoms with Gasteiger partial charge < -0.3 is 4.90 Å². The Morgan fingerprint density at radius 3 is 2.29 bits per heavy atom. The van der Waals surface area contributed by atoms with Crippen molar-refractivity contribution in [2.24, 2.45) is 10.9 Å². The van der Waals surface area contributed by atoms with E-state index in [0.29, 0.717) is 5.17 Å². The van der Waals surface area contributed by atoms with Crippen molar-refractivity contribution in [1.29, 1.82) is 0 Å². The van der Waals surface area contributed by atoms with Crippen LogP contribution in [0.3, 0.4) is 0 Å². The molecule has 1 amide bonds. The molecule has 0 aliphatic carbocycles. The van der Waals surface area contributed by atoms with E-state index in [1.165, 1.54) is 22.9 Å². The Balaban J connectivity index is 2.11. The maximum absolute atomic E-state index is 12.7. The molecular formula is C21H30N2O3S2. The van der Waals surface area contributed by atoms with Gasteiger partial charge in [0.15, 0.2) is 15.0 Å². The molecule has 0 saturated carbocycles. The number of amidine groups is 1. The zero-order valence-corrected chi connectivity index (χ0v) is 18.8. The monoisotopic (exact) mass is 422 g/mol. The van der Waals surface area contributed by atoms with Gasteiger partial charge in [0.2, 0.25) is 0 Å². The topological polar surface area (TPSA) is 66.8 Å². The maximum atomic E-state index is 12.7. The number of nitrogens with zero attached hydrogens (tertiary/aromatic N) is 2. The summed E-state index contributed by atoms with van der Waals surface area (Å²) in [6, 6.07) is 6.09. The van der Waals surface area contributed by atoms with Crippen molar-refractivity contribution in [3.63, 3.8) is 0 Å². The van der Waals surface area contributed by atoms with Gasteiger partial charge in [-0.15, -0.1) is 0 Å². The SMILES string of the molecule is CCc1cccc(CC)c1N1C(=NC(=O)C(CC)CC)S[C@@H]2CS(=O)(=O)C[C@H]21. The summed E-state index contributed by atoms with van der Waals surface area (Å²) >= 11 is 1.47. The van der Waals surface area contributed by atoms with Crippen LogP contribution in [0.25, 0.3) is 0 Å². The molecule has 0 N–H and O–H groups in total. The fraction of sp³-hybridized carbons (Fsp3) is 0.619. The van der Waals surface area contributed by atoms with Crippen molar-refractivity contribution in [2.75, 3.05) is 16.4 Å². The number of carbonyl (C=O) groups is 1. The Morgan fingerprint density at radius 1 is 1.14 bits per heavy atom. The van der Waals surface area contributed by atoms with E-state index >= 15 is 0 Å². The summed E-state index contributed by atoms with van der Waals surface area (Å²) in [5.41, 5.74) is 3.40. The fourth-order valence-electron chi connectivity index (χ4n) is 4.17. The van der Waals surface area contributed by atoms with Crippen LogP contribution in [0, 0.1) is 5.92 Å². The molecule has 7 heteroatoms. The minimum Gasteiger partial charge on any atom is -0.315 e. The Labute approximate surface area is 172 Å². The van der Waals surface area contributed by atoms with E-state index in [4.69, 9.17) is 0 Å². The van der Waals surface area contributed by atoms with Gasteiger partial charge in [0.25, 0.3) is 5.91 Å². The highest BCUT2D eigenvalue weighted by Crippen LogP contribution is 2.43. The summed E-state index contributed by atoms with van der Waals surface area (Å²) in [6.07, 6.45) is 3.23. The highest BCUT2D eigenvalue weighted by Gasteiger charge is 2.50. The van der Waals surface area contributed by atoms with Gasteiger partial charge in [0, 0.05) is 16.9 Å². The molecule has 0 aromatic heterocycles. The molecule has 1 aromatic carbocycles. The number of fused-ring (bicyclic) bond motifs is 1. The van der Waals surface area contributed by atoms with Gasteiger partial charge in [-0.2, -0.15) is 4.99 Å². The third-order valence-electron chi connectivity index (χ3n) is 5.81. The number of anilines is 1. The molecule has 2 saturated heterocycles. The predicted octanol–water partition coefficient (Wildman–Crippen LogP) is 3.85. The zero-order valence-electron chi connectivity index (χ0n) is 17.1. The number of aliphatic imine (C=N–C) groups is 1. The molecule has 0 bridgehead atoms. The van der Waals surface area contributed by atoms with Crippen LogP contribution in [-0.4, -0.2) is 42.3 Å². The number of thioether (sulfide) groups is 1. The Morgan fingerprint density at radius 2 is 1.75 bits per heavy atom. The summed E-state index contributed by atoms with van der Waals surface area (Å²) in [7, 11) is -3.07. The molecule has 2 aliphatic heterocycles. The second kappa shape index (κ2) is 8.57. The summed E-state index contributed by atoms with van der Waals surface area (Å²) in [4.78, 5) is 19.4. The van der Waals surface area contributed by atoms with Gasteiger partial charge in [-0.25, -0.2) is 8.42 Å². The molecule has 2 aliphatic rings. The third kappa shape index (κ3) is 4.01. The lowest BCUT2D eigenvalue weighted by atomic mass is 10.0. The van der Waals surface area contributed by atoms with E-state index in [1.807, 2.05) is 13.8 Å². The molecule has 1 aromatic rings. The molecule has 154 valence electrons. The van der Waals surface area contributed by atoms with Crippen LogP contribution in [0.1, 0.15) is 51.7 Å². The minimum atomic E-state index is -3.07. The summed E-state index contributed by atoms with van der Waals surface area (Å²) in [5, 5.41) is 0.616. The van der Waals surface area contributed by atoms with Gasteiger partial charge in [-0.1, -0.05) is 57.7 Å². The molecule has 0 spiro atoms. The molecule has 28 heavy (non-hydrogen) atoms. The molecule has 5 nitrogen and oxygen atoms in total. The average Bonchev–Trinajstić information content (AvgIpc) is 3.12. The smallest absolute Gasteiger partial charge is 0.251 e. The van der Waals surface area contributed by atoms with E-state index in [2.05, 4.69) is 41.9 Å². The lowest BCUT2D eigenvalue weighted by Crippen LogP contribution is -2.39. The number of benzene rings is 1.